The maximum atomic E-state index is 3.83. The Labute approximate surface area is 126 Å². The van der Waals surface area contributed by atoms with Gasteiger partial charge in [0.05, 0.1) is 0 Å². The molecule has 0 amide bonds. The third-order valence-electron chi connectivity index (χ3n) is 5.25. The molecule has 2 rings (SSSR count). The van der Waals surface area contributed by atoms with E-state index >= 15 is 0 Å². The standard InChI is InChI=1S/C17H35N3/c1-15-13-18-17(16-9-5-4-6-10-16)14-20(15)12-8-7-11-19(2)3/h15-18H,4-14H2,1-3H3. The molecular weight excluding hydrogens is 246 g/mol. The van der Waals surface area contributed by atoms with E-state index in [0.29, 0.717) is 6.04 Å². The molecule has 3 heteroatoms. The van der Waals surface area contributed by atoms with Crippen molar-refractivity contribution in [2.24, 2.45) is 5.92 Å². The highest BCUT2D eigenvalue weighted by molar-refractivity contribution is 4.89. The Morgan fingerprint density at radius 2 is 1.85 bits per heavy atom. The highest BCUT2D eigenvalue weighted by Gasteiger charge is 2.30. The van der Waals surface area contributed by atoms with E-state index in [1.165, 1.54) is 71.1 Å². The van der Waals surface area contributed by atoms with Crippen LogP contribution in [0, 0.1) is 5.92 Å². The first-order valence-electron chi connectivity index (χ1n) is 8.79. The fourth-order valence-electron chi connectivity index (χ4n) is 3.86. The van der Waals surface area contributed by atoms with E-state index in [1.54, 1.807) is 0 Å². The summed E-state index contributed by atoms with van der Waals surface area (Å²) in [5.41, 5.74) is 0. The first kappa shape index (κ1) is 16.3. The molecule has 0 aromatic heterocycles. The molecular formula is C17H35N3. The van der Waals surface area contributed by atoms with Gasteiger partial charge in [-0.2, -0.15) is 0 Å². The normalized spacial score (nSPS) is 30.0. The molecule has 1 aliphatic carbocycles. The average molecular weight is 281 g/mol. The van der Waals surface area contributed by atoms with Crippen LogP contribution in [0.15, 0.2) is 0 Å². The van der Waals surface area contributed by atoms with E-state index in [2.05, 4.69) is 36.1 Å². The van der Waals surface area contributed by atoms with E-state index in [9.17, 15) is 0 Å². The summed E-state index contributed by atoms with van der Waals surface area (Å²) in [6.45, 7) is 7.38. The molecule has 1 N–H and O–H groups in total. The zero-order valence-electron chi connectivity index (χ0n) is 13.9. The molecule has 2 unspecified atom stereocenters. The van der Waals surface area contributed by atoms with Crippen LogP contribution in [0.3, 0.4) is 0 Å². The second kappa shape index (κ2) is 8.35. The molecule has 0 aromatic rings. The Hall–Kier alpha value is -0.120. The summed E-state index contributed by atoms with van der Waals surface area (Å²) in [7, 11) is 4.35. The number of piperazine rings is 1. The lowest BCUT2D eigenvalue weighted by Crippen LogP contribution is -2.58. The van der Waals surface area contributed by atoms with Crippen molar-refractivity contribution in [2.45, 2.75) is 64.0 Å². The second-order valence-corrected chi connectivity index (χ2v) is 7.27. The molecule has 2 fully saturated rings. The highest BCUT2D eigenvalue weighted by Crippen LogP contribution is 2.28. The molecule has 2 atom stereocenters. The van der Waals surface area contributed by atoms with E-state index in [4.69, 9.17) is 0 Å². The Morgan fingerprint density at radius 3 is 2.55 bits per heavy atom. The van der Waals surface area contributed by atoms with Gasteiger partial charge in [0.2, 0.25) is 0 Å². The topological polar surface area (TPSA) is 18.5 Å². The van der Waals surface area contributed by atoms with Gasteiger partial charge in [-0.25, -0.2) is 0 Å². The summed E-state index contributed by atoms with van der Waals surface area (Å²) in [6.07, 6.45) is 9.98. The van der Waals surface area contributed by atoms with Crippen molar-refractivity contribution >= 4 is 0 Å². The molecule has 118 valence electrons. The minimum Gasteiger partial charge on any atom is -0.311 e. The highest BCUT2D eigenvalue weighted by atomic mass is 15.2. The lowest BCUT2D eigenvalue weighted by Gasteiger charge is -2.43. The number of hydrogen-bond acceptors (Lipinski definition) is 3. The molecule has 20 heavy (non-hydrogen) atoms. The Bertz CT molecular complexity index is 261. The summed E-state index contributed by atoms with van der Waals surface area (Å²) < 4.78 is 0. The molecule has 1 heterocycles. The van der Waals surface area contributed by atoms with E-state index in [0.717, 1.165) is 12.0 Å². The van der Waals surface area contributed by atoms with Crippen molar-refractivity contribution in [1.82, 2.24) is 15.1 Å². The third kappa shape index (κ3) is 5.01. The fraction of sp³-hybridized carbons (Fsp3) is 1.00. The van der Waals surface area contributed by atoms with Crippen molar-refractivity contribution in [3.8, 4) is 0 Å². The minimum absolute atomic E-state index is 0.717. The zero-order chi connectivity index (χ0) is 14.4. The van der Waals surface area contributed by atoms with Crippen LogP contribution in [0.1, 0.15) is 51.9 Å². The predicted molar refractivity (Wildman–Crippen MR) is 87.2 cm³/mol. The second-order valence-electron chi connectivity index (χ2n) is 7.27. The zero-order valence-corrected chi connectivity index (χ0v) is 13.9. The van der Waals surface area contributed by atoms with Gasteiger partial charge in [-0.05, 0) is 65.7 Å². The molecule has 1 saturated heterocycles. The summed E-state index contributed by atoms with van der Waals surface area (Å²) in [4.78, 5) is 5.04. The van der Waals surface area contributed by atoms with E-state index < -0.39 is 0 Å². The SMILES string of the molecule is CC1CNC(C2CCCCC2)CN1CCCCN(C)C. The molecule has 2 aliphatic rings. The summed E-state index contributed by atoms with van der Waals surface area (Å²) in [5, 5.41) is 3.83. The third-order valence-corrected chi connectivity index (χ3v) is 5.25. The van der Waals surface area contributed by atoms with Crippen LogP contribution < -0.4 is 5.32 Å². The largest absolute Gasteiger partial charge is 0.311 e. The van der Waals surface area contributed by atoms with Crippen LogP contribution in [0.2, 0.25) is 0 Å². The van der Waals surface area contributed by atoms with Gasteiger partial charge in [0, 0.05) is 25.2 Å². The monoisotopic (exact) mass is 281 g/mol. The van der Waals surface area contributed by atoms with Gasteiger partial charge in [-0.3, -0.25) is 4.90 Å². The molecule has 0 spiro atoms. The van der Waals surface area contributed by atoms with Crippen LogP contribution in [0.4, 0.5) is 0 Å². The molecule has 0 bridgehead atoms. The first-order valence-corrected chi connectivity index (χ1v) is 8.79. The number of nitrogens with one attached hydrogen (secondary N) is 1. The van der Waals surface area contributed by atoms with E-state index in [-0.39, 0.29) is 0 Å². The minimum atomic E-state index is 0.717. The maximum Gasteiger partial charge on any atom is 0.0224 e. The number of rotatable bonds is 6. The number of unbranched alkanes of at least 4 members (excludes halogenated alkanes) is 1. The Kier molecular flexibility index (Phi) is 6.79. The van der Waals surface area contributed by atoms with Gasteiger partial charge in [-0.15, -0.1) is 0 Å². The van der Waals surface area contributed by atoms with Gasteiger partial charge < -0.3 is 10.2 Å². The first-order chi connectivity index (χ1) is 9.66. The van der Waals surface area contributed by atoms with Crippen molar-refractivity contribution in [3.63, 3.8) is 0 Å². The molecule has 1 aliphatic heterocycles. The van der Waals surface area contributed by atoms with Crippen molar-refractivity contribution in [2.75, 3.05) is 40.3 Å². The summed E-state index contributed by atoms with van der Waals surface area (Å²) >= 11 is 0. The molecule has 1 saturated carbocycles. The van der Waals surface area contributed by atoms with Crippen LogP contribution in [-0.4, -0.2) is 62.2 Å². The van der Waals surface area contributed by atoms with Gasteiger partial charge in [0.1, 0.15) is 0 Å². The number of hydrogen-bond donors (Lipinski definition) is 1. The summed E-state index contributed by atoms with van der Waals surface area (Å²) in [5.74, 6) is 0.945. The van der Waals surface area contributed by atoms with Crippen molar-refractivity contribution < 1.29 is 0 Å². The van der Waals surface area contributed by atoms with Crippen LogP contribution in [0.25, 0.3) is 0 Å². The van der Waals surface area contributed by atoms with E-state index in [1.807, 2.05) is 0 Å². The maximum absolute atomic E-state index is 3.83. The van der Waals surface area contributed by atoms with Gasteiger partial charge >= 0.3 is 0 Å². The lowest BCUT2D eigenvalue weighted by molar-refractivity contribution is 0.102. The lowest BCUT2D eigenvalue weighted by atomic mass is 9.82. The molecule has 0 radical (unpaired) electrons. The van der Waals surface area contributed by atoms with Crippen molar-refractivity contribution in [1.29, 1.82) is 0 Å². The fourth-order valence-corrected chi connectivity index (χ4v) is 3.86. The summed E-state index contributed by atoms with van der Waals surface area (Å²) in [6, 6.07) is 1.48. The number of nitrogens with zero attached hydrogens (tertiary/aromatic N) is 2. The predicted octanol–water partition coefficient (Wildman–Crippen LogP) is 2.57. The van der Waals surface area contributed by atoms with Gasteiger partial charge in [-0.1, -0.05) is 19.3 Å². The van der Waals surface area contributed by atoms with Gasteiger partial charge in [0.15, 0.2) is 0 Å². The van der Waals surface area contributed by atoms with Gasteiger partial charge in [0.25, 0.3) is 0 Å². The Balaban J connectivity index is 1.72. The van der Waals surface area contributed by atoms with Crippen LogP contribution in [-0.2, 0) is 0 Å². The van der Waals surface area contributed by atoms with Crippen LogP contribution in [0.5, 0.6) is 0 Å². The van der Waals surface area contributed by atoms with Crippen LogP contribution >= 0.6 is 0 Å². The smallest absolute Gasteiger partial charge is 0.0224 e. The van der Waals surface area contributed by atoms with Crippen molar-refractivity contribution in [3.05, 3.63) is 0 Å². The Morgan fingerprint density at radius 1 is 1.10 bits per heavy atom. The average Bonchev–Trinajstić information content (AvgIpc) is 2.46. The quantitative estimate of drug-likeness (QED) is 0.755. The molecule has 0 aromatic carbocycles. The molecule has 3 nitrogen and oxygen atoms in total.